The molecule has 1 aromatic rings. The summed E-state index contributed by atoms with van der Waals surface area (Å²) < 4.78 is 50.8. The van der Waals surface area contributed by atoms with E-state index in [1.165, 1.54) is 6.92 Å². The molecule has 0 saturated carbocycles. The Morgan fingerprint density at radius 3 is 2.35 bits per heavy atom. The van der Waals surface area contributed by atoms with Crippen molar-refractivity contribution in [3.8, 4) is 0 Å². The van der Waals surface area contributed by atoms with Gasteiger partial charge in [0.05, 0.1) is 5.75 Å². The number of carbonyl (C=O) groups excluding carboxylic acids is 1. The van der Waals surface area contributed by atoms with Gasteiger partial charge in [-0.05, 0) is 12.1 Å². The summed E-state index contributed by atoms with van der Waals surface area (Å²) in [7, 11) is -4.31. The second-order valence-electron chi connectivity index (χ2n) is 4.12. The lowest BCUT2D eigenvalue weighted by Crippen LogP contribution is -2.28. The minimum atomic E-state index is -4.31. The molecule has 1 atom stereocenters. The summed E-state index contributed by atoms with van der Waals surface area (Å²) in [5, 5.41) is 8.66. The molecule has 6 nitrogen and oxygen atoms in total. The molecule has 0 aliphatic rings. The number of nitrogens with two attached hydrogens (primary N) is 1. The number of carboxylic acid groups (broad SMARTS) is 1. The van der Waals surface area contributed by atoms with Gasteiger partial charge >= 0.3 is 5.97 Å². The number of hydrogen-bond acceptors (Lipinski definition) is 4. The molecule has 3 N–H and O–H groups in total. The minimum absolute atomic E-state index is 0.536. The van der Waals surface area contributed by atoms with Crippen LogP contribution < -0.4 is 5.73 Å². The third-order valence-corrected chi connectivity index (χ3v) is 4.48. The summed E-state index contributed by atoms with van der Waals surface area (Å²) in [6, 6.07) is 1.15. The fourth-order valence-corrected chi connectivity index (χ4v) is 3.12. The van der Waals surface area contributed by atoms with Crippen molar-refractivity contribution in [3.63, 3.8) is 0 Å². The van der Waals surface area contributed by atoms with Gasteiger partial charge in [-0.3, -0.25) is 4.79 Å². The van der Waals surface area contributed by atoms with Crippen LogP contribution in [0.2, 0.25) is 0 Å². The van der Waals surface area contributed by atoms with E-state index in [9.17, 15) is 26.8 Å². The van der Waals surface area contributed by atoms with Crippen LogP contribution >= 0.6 is 0 Å². The minimum Gasteiger partial charge on any atom is -0.477 e. The van der Waals surface area contributed by atoms with Crippen molar-refractivity contribution in [2.24, 2.45) is 11.7 Å². The van der Waals surface area contributed by atoms with Crippen LogP contribution in [0.5, 0.6) is 0 Å². The molecule has 20 heavy (non-hydrogen) atoms. The number of benzene rings is 1. The van der Waals surface area contributed by atoms with Gasteiger partial charge in [-0.15, -0.1) is 0 Å². The average molecular weight is 307 g/mol. The van der Waals surface area contributed by atoms with E-state index in [1.54, 1.807) is 0 Å². The molecule has 0 bridgehead atoms. The summed E-state index contributed by atoms with van der Waals surface area (Å²) in [6.45, 7) is 1.22. The van der Waals surface area contributed by atoms with Crippen molar-refractivity contribution in [2.75, 3.05) is 5.75 Å². The Kier molecular flexibility index (Phi) is 4.43. The van der Waals surface area contributed by atoms with Gasteiger partial charge in [0.2, 0.25) is 5.91 Å². The molecule has 1 amide bonds. The van der Waals surface area contributed by atoms with Crippen LogP contribution in [0.3, 0.4) is 0 Å². The number of carboxylic acids is 1. The Bertz CT molecular complexity index is 672. The largest absolute Gasteiger partial charge is 0.477 e. The third-order valence-electron chi connectivity index (χ3n) is 2.56. The predicted octanol–water partition coefficient (Wildman–Crippen LogP) is 0.558. The lowest BCUT2D eigenvalue weighted by atomic mass is 10.2. The third kappa shape index (κ3) is 3.10. The summed E-state index contributed by atoms with van der Waals surface area (Å²) in [6.07, 6.45) is 0. The number of carbonyl (C=O) groups is 2. The van der Waals surface area contributed by atoms with Gasteiger partial charge in [0.25, 0.3) is 0 Å². The van der Waals surface area contributed by atoms with Crippen LogP contribution in [0, 0.1) is 17.6 Å². The molecule has 0 fully saturated rings. The molecular formula is C11H11F2NO5S. The summed E-state index contributed by atoms with van der Waals surface area (Å²) in [5.41, 5.74) is 3.55. The average Bonchev–Trinajstić information content (AvgIpc) is 2.26. The first kappa shape index (κ1) is 16.0. The van der Waals surface area contributed by atoms with Crippen LogP contribution in [-0.4, -0.2) is 31.2 Å². The molecule has 1 aromatic carbocycles. The molecule has 0 heterocycles. The number of sulfone groups is 1. The second kappa shape index (κ2) is 5.53. The first-order chi connectivity index (χ1) is 9.08. The highest BCUT2D eigenvalue weighted by molar-refractivity contribution is 7.91. The number of rotatable bonds is 5. The quantitative estimate of drug-likeness (QED) is 0.771. The highest BCUT2D eigenvalue weighted by Crippen LogP contribution is 2.23. The highest BCUT2D eigenvalue weighted by atomic mass is 32.2. The van der Waals surface area contributed by atoms with Gasteiger partial charge in [-0.2, -0.15) is 0 Å². The SMILES string of the molecule is CC(CS(=O)(=O)c1ccc(F)c(C(=O)O)c1F)C(N)=O. The van der Waals surface area contributed by atoms with Crippen LogP contribution in [-0.2, 0) is 14.6 Å². The number of halogens is 2. The standard InChI is InChI=1S/C11H11F2NO5S/c1-5(10(14)15)4-20(18,19)7-3-2-6(12)8(9(7)13)11(16)17/h2-3,5H,4H2,1H3,(H2,14,15)(H,16,17). The first-order valence-corrected chi connectivity index (χ1v) is 6.96. The van der Waals surface area contributed by atoms with Crippen molar-refractivity contribution < 1.29 is 31.9 Å². The van der Waals surface area contributed by atoms with Crippen molar-refractivity contribution in [2.45, 2.75) is 11.8 Å². The van der Waals surface area contributed by atoms with Gasteiger partial charge in [-0.25, -0.2) is 22.0 Å². The van der Waals surface area contributed by atoms with Crippen molar-refractivity contribution in [1.29, 1.82) is 0 Å². The zero-order valence-electron chi connectivity index (χ0n) is 10.3. The maximum absolute atomic E-state index is 13.8. The monoisotopic (exact) mass is 307 g/mol. The summed E-state index contributed by atoms with van der Waals surface area (Å²) >= 11 is 0. The number of hydrogen-bond donors (Lipinski definition) is 2. The van der Waals surface area contributed by atoms with Gasteiger partial charge < -0.3 is 10.8 Å². The molecule has 0 radical (unpaired) electrons. The van der Waals surface area contributed by atoms with E-state index < -0.39 is 55.5 Å². The van der Waals surface area contributed by atoms with Gasteiger partial charge in [-0.1, -0.05) is 6.92 Å². The number of aromatic carboxylic acids is 1. The van der Waals surface area contributed by atoms with E-state index in [-0.39, 0.29) is 0 Å². The van der Waals surface area contributed by atoms with Crippen LogP contribution in [0.1, 0.15) is 17.3 Å². The van der Waals surface area contributed by atoms with Gasteiger partial charge in [0, 0.05) is 5.92 Å². The van der Waals surface area contributed by atoms with Crippen LogP contribution in [0.15, 0.2) is 17.0 Å². The Morgan fingerprint density at radius 2 is 1.90 bits per heavy atom. The fourth-order valence-electron chi connectivity index (χ4n) is 1.47. The molecule has 0 aliphatic carbocycles. The zero-order valence-corrected chi connectivity index (χ0v) is 11.1. The van der Waals surface area contributed by atoms with Crippen LogP contribution in [0.4, 0.5) is 8.78 Å². The Labute approximate surface area is 113 Å². The second-order valence-corrected chi connectivity index (χ2v) is 6.13. The molecule has 0 aliphatic heterocycles. The molecular weight excluding hydrogens is 296 g/mol. The van der Waals surface area contributed by atoms with Crippen molar-refractivity contribution >= 4 is 21.7 Å². The zero-order chi connectivity index (χ0) is 15.7. The molecule has 0 saturated heterocycles. The van der Waals surface area contributed by atoms with Gasteiger partial charge in [0.15, 0.2) is 15.7 Å². The Hall–Kier alpha value is -2.03. The van der Waals surface area contributed by atoms with E-state index >= 15 is 0 Å². The number of amides is 1. The Balaban J connectivity index is 3.37. The first-order valence-electron chi connectivity index (χ1n) is 5.31. The molecule has 110 valence electrons. The van der Waals surface area contributed by atoms with Crippen molar-refractivity contribution in [3.05, 3.63) is 29.3 Å². The topological polar surface area (TPSA) is 115 Å². The fraction of sp³-hybridized carbons (Fsp3) is 0.273. The van der Waals surface area contributed by atoms with E-state index in [0.29, 0.717) is 12.1 Å². The smallest absolute Gasteiger partial charge is 0.341 e. The molecule has 1 unspecified atom stereocenters. The van der Waals surface area contributed by atoms with Gasteiger partial charge in [0.1, 0.15) is 16.3 Å². The molecule has 0 spiro atoms. The summed E-state index contributed by atoms with van der Waals surface area (Å²) in [5.74, 6) is -7.83. The Morgan fingerprint density at radius 1 is 1.35 bits per heavy atom. The highest BCUT2D eigenvalue weighted by Gasteiger charge is 2.29. The predicted molar refractivity (Wildman–Crippen MR) is 63.7 cm³/mol. The van der Waals surface area contributed by atoms with E-state index in [0.717, 1.165) is 0 Å². The molecule has 0 aromatic heterocycles. The maximum Gasteiger partial charge on any atom is 0.341 e. The molecule has 1 rings (SSSR count). The van der Waals surface area contributed by atoms with E-state index in [1.807, 2.05) is 0 Å². The van der Waals surface area contributed by atoms with E-state index in [4.69, 9.17) is 10.8 Å². The van der Waals surface area contributed by atoms with Crippen LogP contribution in [0.25, 0.3) is 0 Å². The summed E-state index contributed by atoms with van der Waals surface area (Å²) in [4.78, 5) is 20.6. The number of primary amides is 1. The maximum atomic E-state index is 13.8. The van der Waals surface area contributed by atoms with E-state index in [2.05, 4.69) is 0 Å². The van der Waals surface area contributed by atoms with Crippen molar-refractivity contribution in [1.82, 2.24) is 0 Å². The lowest BCUT2D eigenvalue weighted by Gasteiger charge is -2.10. The lowest BCUT2D eigenvalue weighted by molar-refractivity contribution is -0.120. The molecule has 9 heteroatoms. The normalized spacial score (nSPS) is 12.9.